The van der Waals surface area contributed by atoms with Gasteiger partial charge in [-0.1, -0.05) is 22.0 Å². The Kier molecular flexibility index (Phi) is 5.68. The number of benzene rings is 1. The lowest BCUT2D eigenvalue weighted by molar-refractivity contribution is -0.116. The number of Topliss-reactive ketones (excluding diaryl/α,β-unsaturated/α-hetero) is 1. The second kappa shape index (κ2) is 7.97. The highest BCUT2D eigenvalue weighted by Gasteiger charge is 2.14. The first kappa shape index (κ1) is 18.5. The van der Waals surface area contributed by atoms with Gasteiger partial charge in [-0.2, -0.15) is 5.10 Å². The van der Waals surface area contributed by atoms with Gasteiger partial charge in [-0.15, -0.1) is 11.3 Å². The first-order valence-electron chi connectivity index (χ1n) is 8.14. The van der Waals surface area contributed by atoms with Crippen LogP contribution in [0.25, 0.3) is 5.69 Å². The van der Waals surface area contributed by atoms with Crippen LogP contribution in [0, 0.1) is 13.8 Å². The van der Waals surface area contributed by atoms with Gasteiger partial charge in [0.1, 0.15) is 5.82 Å². The summed E-state index contributed by atoms with van der Waals surface area (Å²) in [5, 5.41) is 7.30. The van der Waals surface area contributed by atoms with E-state index in [4.69, 9.17) is 0 Å². The van der Waals surface area contributed by atoms with E-state index in [0.29, 0.717) is 10.7 Å². The number of thiophene rings is 1. The number of amides is 1. The van der Waals surface area contributed by atoms with Gasteiger partial charge in [0.15, 0.2) is 5.78 Å². The zero-order valence-corrected chi connectivity index (χ0v) is 16.9. The molecule has 7 heteroatoms. The largest absolute Gasteiger partial charge is 0.311 e. The van der Waals surface area contributed by atoms with Crippen molar-refractivity contribution in [1.29, 1.82) is 0 Å². The summed E-state index contributed by atoms with van der Waals surface area (Å²) < 4.78 is 2.61. The molecule has 1 aromatic carbocycles. The topological polar surface area (TPSA) is 64.0 Å². The Morgan fingerprint density at radius 1 is 1.15 bits per heavy atom. The van der Waals surface area contributed by atoms with Crippen molar-refractivity contribution in [3.63, 3.8) is 0 Å². The van der Waals surface area contributed by atoms with Gasteiger partial charge in [0.2, 0.25) is 5.91 Å². The number of anilines is 1. The molecule has 3 rings (SSSR count). The normalized spacial score (nSPS) is 10.7. The average Bonchev–Trinajstić information content (AvgIpc) is 3.18. The van der Waals surface area contributed by atoms with Crippen LogP contribution >= 0.6 is 27.3 Å². The maximum Gasteiger partial charge on any atom is 0.225 e. The van der Waals surface area contributed by atoms with E-state index in [9.17, 15) is 9.59 Å². The van der Waals surface area contributed by atoms with E-state index >= 15 is 0 Å². The van der Waals surface area contributed by atoms with Gasteiger partial charge in [0.05, 0.1) is 16.3 Å². The van der Waals surface area contributed by atoms with Crippen molar-refractivity contribution in [3.8, 4) is 5.69 Å². The number of nitrogens with zero attached hydrogens (tertiary/aromatic N) is 2. The number of rotatable bonds is 6. The Bertz CT molecular complexity index is 961. The van der Waals surface area contributed by atoms with E-state index in [1.807, 2.05) is 56.3 Å². The third kappa shape index (κ3) is 4.47. The number of aromatic nitrogens is 2. The number of ketones is 1. The first-order valence-corrected chi connectivity index (χ1v) is 9.75. The zero-order chi connectivity index (χ0) is 18.7. The predicted molar refractivity (Wildman–Crippen MR) is 107 cm³/mol. The second-order valence-corrected chi connectivity index (χ2v) is 8.15. The van der Waals surface area contributed by atoms with Crippen LogP contribution in [0.2, 0.25) is 0 Å². The third-order valence-electron chi connectivity index (χ3n) is 3.75. The summed E-state index contributed by atoms with van der Waals surface area (Å²) in [4.78, 5) is 26.2. The Labute approximate surface area is 164 Å². The summed E-state index contributed by atoms with van der Waals surface area (Å²) in [7, 11) is 0. The summed E-state index contributed by atoms with van der Waals surface area (Å²) in [6.07, 6.45) is 0.328. The molecule has 0 atom stereocenters. The highest BCUT2D eigenvalue weighted by atomic mass is 79.9. The van der Waals surface area contributed by atoms with Crippen molar-refractivity contribution in [2.45, 2.75) is 26.7 Å². The third-order valence-corrected chi connectivity index (χ3v) is 5.28. The summed E-state index contributed by atoms with van der Waals surface area (Å²) in [5.74, 6) is 0.378. The van der Waals surface area contributed by atoms with Gasteiger partial charge in [0, 0.05) is 28.3 Å². The number of carbonyl (C=O) groups is 2. The van der Waals surface area contributed by atoms with Crippen molar-refractivity contribution < 1.29 is 9.59 Å². The fourth-order valence-corrected chi connectivity index (χ4v) is 3.76. The van der Waals surface area contributed by atoms with Crippen molar-refractivity contribution in [2.24, 2.45) is 0 Å². The number of hydrogen-bond acceptors (Lipinski definition) is 4. The van der Waals surface area contributed by atoms with Crippen LogP contribution in [0.5, 0.6) is 0 Å². The van der Waals surface area contributed by atoms with E-state index in [2.05, 4.69) is 26.3 Å². The zero-order valence-electron chi connectivity index (χ0n) is 14.5. The summed E-state index contributed by atoms with van der Waals surface area (Å²) in [6, 6.07) is 13.2. The molecule has 0 bridgehead atoms. The molecular formula is C19H18BrN3O2S. The molecule has 0 aliphatic rings. The number of aryl methyl sites for hydroxylation is 2. The summed E-state index contributed by atoms with van der Waals surface area (Å²) in [6.45, 7) is 3.83. The van der Waals surface area contributed by atoms with Crippen LogP contribution < -0.4 is 5.32 Å². The Hall–Kier alpha value is -2.25. The van der Waals surface area contributed by atoms with E-state index in [-0.39, 0.29) is 24.5 Å². The van der Waals surface area contributed by atoms with E-state index in [1.54, 1.807) is 4.68 Å². The lowest BCUT2D eigenvalue weighted by Gasteiger charge is -2.09. The lowest BCUT2D eigenvalue weighted by Crippen LogP contribution is -2.16. The number of halogens is 1. The van der Waals surface area contributed by atoms with Crippen LogP contribution in [0.15, 0.2) is 46.9 Å². The highest BCUT2D eigenvalue weighted by molar-refractivity contribution is 9.10. The molecule has 0 saturated carbocycles. The standard InChI is InChI=1S/C19H18BrN3O2S/c1-12-10-18(23(22-12)15-5-3-4-14(20)11-15)21-19(25)9-7-16(24)17-8-6-13(2)26-17/h3-6,8,10-11H,7,9H2,1-2H3,(H,21,25). The minimum absolute atomic E-state index is 0.00470. The molecule has 0 unspecified atom stereocenters. The maximum atomic E-state index is 12.3. The predicted octanol–water partition coefficient (Wildman–Crippen LogP) is 4.91. The molecule has 2 aromatic heterocycles. The van der Waals surface area contributed by atoms with Crippen LogP contribution in [-0.2, 0) is 4.79 Å². The molecule has 26 heavy (non-hydrogen) atoms. The SMILES string of the molecule is Cc1cc(NC(=O)CCC(=O)c2ccc(C)s2)n(-c2cccc(Br)c2)n1. The minimum Gasteiger partial charge on any atom is -0.311 e. The highest BCUT2D eigenvalue weighted by Crippen LogP contribution is 2.21. The molecule has 0 saturated heterocycles. The number of carbonyl (C=O) groups excluding carboxylic acids is 2. The molecule has 0 fully saturated rings. The lowest BCUT2D eigenvalue weighted by atomic mass is 10.2. The molecule has 1 amide bonds. The number of hydrogen-bond donors (Lipinski definition) is 1. The van der Waals surface area contributed by atoms with Crippen LogP contribution in [0.3, 0.4) is 0 Å². The number of nitrogens with one attached hydrogen (secondary N) is 1. The molecule has 0 aliphatic carbocycles. The average molecular weight is 432 g/mol. The second-order valence-electron chi connectivity index (χ2n) is 5.94. The quantitative estimate of drug-likeness (QED) is 0.563. The monoisotopic (exact) mass is 431 g/mol. The molecule has 0 aliphatic heterocycles. The van der Waals surface area contributed by atoms with Gasteiger partial charge in [-0.05, 0) is 44.2 Å². The summed E-state index contributed by atoms with van der Waals surface area (Å²) >= 11 is 4.90. The molecule has 2 heterocycles. The van der Waals surface area contributed by atoms with E-state index in [0.717, 1.165) is 20.7 Å². The molecular weight excluding hydrogens is 414 g/mol. The maximum absolute atomic E-state index is 12.3. The Balaban J connectivity index is 1.67. The smallest absolute Gasteiger partial charge is 0.225 e. The fourth-order valence-electron chi connectivity index (χ4n) is 2.53. The van der Waals surface area contributed by atoms with Gasteiger partial charge in [-0.3, -0.25) is 9.59 Å². The van der Waals surface area contributed by atoms with E-state index < -0.39 is 0 Å². The van der Waals surface area contributed by atoms with E-state index in [1.165, 1.54) is 11.3 Å². The molecule has 1 N–H and O–H groups in total. The molecule has 5 nitrogen and oxygen atoms in total. The Morgan fingerprint density at radius 2 is 1.96 bits per heavy atom. The summed E-state index contributed by atoms with van der Waals surface area (Å²) in [5.41, 5.74) is 1.64. The van der Waals surface area contributed by atoms with Crippen molar-refractivity contribution >= 4 is 44.8 Å². The van der Waals surface area contributed by atoms with Crippen molar-refractivity contribution in [1.82, 2.24) is 9.78 Å². The van der Waals surface area contributed by atoms with Crippen molar-refractivity contribution in [2.75, 3.05) is 5.32 Å². The van der Waals surface area contributed by atoms with Gasteiger partial charge >= 0.3 is 0 Å². The van der Waals surface area contributed by atoms with Crippen LogP contribution in [0.4, 0.5) is 5.82 Å². The van der Waals surface area contributed by atoms with Crippen molar-refractivity contribution in [3.05, 3.63) is 62.4 Å². The molecule has 0 spiro atoms. The minimum atomic E-state index is -0.206. The fraction of sp³-hybridized carbons (Fsp3) is 0.211. The van der Waals surface area contributed by atoms with Gasteiger partial charge in [0.25, 0.3) is 0 Å². The first-order chi connectivity index (χ1) is 12.4. The van der Waals surface area contributed by atoms with Crippen LogP contribution in [0.1, 0.15) is 33.1 Å². The van der Waals surface area contributed by atoms with Crippen LogP contribution in [-0.4, -0.2) is 21.5 Å². The molecule has 0 radical (unpaired) electrons. The van der Waals surface area contributed by atoms with Gasteiger partial charge < -0.3 is 5.32 Å². The Morgan fingerprint density at radius 3 is 2.65 bits per heavy atom. The molecule has 3 aromatic rings. The van der Waals surface area contributed by atoms with Gasteiger partial charge in [-0.25, -0.2) is 4.68 Å². The molecule has 134 valence electrons.